The van der Waals surface area contributed by atoms with Gasteiger partial charge in [-0.1, -0.05) is 11.8 Å². The molecule has 0 bridgehead atoms. The van der Waals surface area contributed by atoms with Gasteiger partial charge < -0.3 is 10.4 Å². The van der Waals surface area contributed by atoms with Gasteiger partial charge in [0, 0.05) is 32.0 Å². The molecule has 2 N–H and O–H groups in total. The van der Waals surface area contributed by atoms with Crippen LogP contribution in [0.5, 0.6) is 0 Å². The van der Waals surface area contributed by atoms with Gasteiger partial charge in [0.05, 0.1) is 6.61 Å². The fourth-order valence-corrected chi connectivity index (χ4v) is 2.43. The highest BCUT2D eigenvalue weighted by molar-refractivity contribution is 7.12. The Morgan fingerprint density at radius 1 is 1.57 bits per heavy atom. The maximum absolute atomic E-state index is 12.1. The molecule has 2 aromatic heterocycles. The molecule has 2 heterocycles. The Bertz CT molecular complexity index is 666. The summed E-state index contributed by atoms with van der Waals surface area (Å²) < 4.78 is 1.63. The Labute approximate surface area is 126 Å². The summed E-state index contributed by atoms with van der Waals surface area (Å²) in [6, 6.07) is 1.81. The van der Waals surface area contributed by atoms with Gasteiger partial charge in [0.25, 0.3) is 5.91 Å². The van der Waals surface area contributed by atoms with Gasteiger partial charge in [-0.15, -0.1) is 11.3 Å². The van der Waals surface area contributed by atoms with Crippen molar-refractivity contribution in [1.29, 1.82) is 0 Å². The molecule has 0 saturated carbocycles. The molecular weight excluding hydrogens is 288 g/mol. The average molecular weight is 304 g/mol. The topological polar surface area (TPSA) is 80.0 Å². The number of carbonyl (C=O) groups excluding carboxylic acids is 1. The second-order valence-electron chi connectivity index (χ2n) is 4.28. The molecule has 0 aliphatic heterocycles. The third-order valence-electron chi connectivity index (χ3n) is 2.61. The van der Waals surface area contributed by atoms with Gasteiger partial charge in [-0.3, -0.25) is 9.48 Å². The minimum absolute atomic E-state index is 0.0236. The summed E-state index contributed by atoms with van der Waals surface area (Å²) in [5.74, 6) is 6.28. The van der Waals surface area contributed by atoms with Gasteiger partial charge in [0.1, 0.15) is 11.2 Å². The summed E-state index contributed by atoms with van der Waals surface area (Å²) in [6.45, 7) is 0.500. The van der Waals surface area contributed by atoms with Gasteiger partial charge in [0.15, 0.2) is 5.82 Å². The fraction of sp³-hybridized carbons (Fsp3) is 0.357. The number of thiophene rings is 1. The van der Waals surface area contributed by atoms with E-state index < -0.39 is 0 Å². The van der Waals surface area contributed by atoms with Crippen molar-refractivity contribution in [2.45, 2.75) is 12.8 Å². The van der Waals surface area contributed by atoms with Crippen molar-refractivity contribution >= 4 is 17.2 Å². The van der Waals surface area contributed by atoms with Crippen molar-refractivity contribution in [2.75, 3.05) is 13.2 Å². The van der Waals surface area contributed by atoms with Crippen molar-refractivity contribution in [3.05, 3.63) is 34.0 Å². The van der Waals surface area contributed by atoms with Crippen LogP contribution in [0.2, 0.25) is 0 Å². The smallest absolute Gasteiger partial charge is 0.262 e. The molecule has 0 radical (unpaired) electrons. The normalized spacial score (nSPS) is 10.0. The first kappa shape index (κ1) is 15.2. The number of aryl methyl sites for hydroxylation is 1. The van der Waals surface area contributed by atoms with Crippen LogP contribution in [0.15, 0.2) is 17.8 Å². The monoisotopic (exact) mass is 304 g/mol. The summed E-state index contributed by atoms with van der Waals surface area (Å²) >= 11 is 1.35. The van der Waals surface area contributed by atoms with Crippen LogP contribution in [-0.2, 0) is 13.5 Å². The van der Waals surface area contributed by atoms with Gasteiger partial charge in [-0.25, -0.2) is 4.98 Å². The predicted octanol–water partition coefficient (Wildman–Crippen LogP) is 0.583. The van der Waals surface area contributed by atoms with Gasteiger partial charge in [-0.2, -0.15) is 5.10 Å². The van der Waals surface area contributed by atoms with Crippen LogP contribution in [0.3, 0.4) is 0 Å². The molecule has 2 rings (SSSR count). The van der Waals surface area contributed by atoms with E-state index in [1.165, 1.54) is 11.3 Å². The first-order valence-electron chi connectivity index (χ1n) is 6.50. The van der Waals surface area contributed by atoms with Crippen molar-refractivity contribution in [3.8, 4) is 11.8 Å². The quantitative estimate of drug-likeness (QED) is 0.792. The molecular formula is C14H16N4O2S. The molecule has 110 valence electrons. The van der Waals surface area contributed by atoms with E-state index in [0.717, 1.165) is 0 Å². The van der Waals surface area contributed by atoms with E-state index in [2.05, 4.69) is 27.2 Å². The average Bonchev–Trinajstić information content (AvgIpc) is 3.08. The number of amides is 1. The molecule has 0 atom stereocenters. The highest BCUT2D eigenvalue weighted by Crippen LogP contribution is 2.15. The number of hydrogen-bond donors (Lipinski definition) is 2. The molecule has 21 heavy (non-hydrogen) atoms. The Morgan fingerprint density at radius 2 is 2.43 bits per heavy atom. The largest absolute Gasteiger partial charge is 0.395 e. The molecule has 0 saturated heterocycles. The van der Waals surface area contributed by atoms with E-state index in [-0.39, 0.29) is 12.5 Å². The molecule has 2 aromatic rings. The number of aliphatic hydroxyl groups is 1. The number of rotatable bonds is 5. The molecule has 6 nitrogen and oxygen atoms in total. The van der Waals surface area contributed by atoms with Gasteiger partial charge in [-0.05, 0) is 11.4 Å². The lowest BCUT2D eigenvalue weighted by atomic mass is 10.2. The van der Waals surface area contributed by atoms with E-state index in [9.17, 15) is 4.79 Å². The number of nitrogens with zero attached hydrogens (tertiary/aromatic N) is 3. The third-order valence-corrected chi connectivity index (χ3v) is 3.53. The molecule has 0 aliphatic carbocycles. The minimum atomic E-state index is -0.144. The number of nitrogens with one attached hydrogen (secondary N) is 1. The molecule has 1 amide bonds. The van der Waals surface area contributed by atoms with Crippen molar-refractivity contribution in [2.24, 2.45) is 7.05 Å². The minimum Gasteiger partial charge on any atom is -0.395 e. The van der Waals surface area contributed by atoms with Crippen LogP contribution < -0.4 is 5.32 Å². The van der Waals surface area contributed by atoms with Crippen LogP contribution in [0.1, 0.15) is 27.5 Å². The van der Waals surface area contributed by atoms with E-state index in [1.807, 2.05) is 11.4 Å². The lowest BCUT2D eigenvalue weighted by Gasteiger charge is -2.02. The SMILES string of the molecule is Cn1cnc(CCNC(=O)c2sccc2C#CCCO)n1. The van der Waals surface area contributed by atoms with Crippen LogP contribution in [0, 0.1) is 11.8 Å². The number of aliphatic hydroxyl groups excluding tert-OH is 1. The lowest BCUT2D eigenvalue weighted by molar-refractivity contribution is 0.0958. The first-order chi connectivity index (χ1) is 10.2. The second kappa shape index (κ2) is 7.57. The number of carbonyl (C=O) groups is 1. The summed E-state index contributed by atoms with van der Waals surface area (Å²) in [4.78, 5) is 16.8. The zero-order valence-corrected chi connectivity index (χ0v) is 12.5. The molecule has 0 spiro atoms. The Balaban J connectivity index is 1.89. The van der Waals surface area contributed by atoms with E-state index in [1.54, 1.807) is 18.1 Å². The Morgan fingerprint density at radius 3 is 3.14 bits per heavy atom. The molecule has 0 unspecified atom stereocenters. The van der Waals surface area contributed by atoms with Crippen LogP contribution >= 0.6 is 11.3 Å². The first-order valence-corrected chi connectivity index (χ1v) is 7.38. The van der Waals surface area contributed by atoms with Crippen molar-refractivity contribution < 1.29 is 9.90 Å². The van der Waals surface area contributed by atoms with Crippen LogP contribution in [0.4, 0.5) is 0 Å². The molecule has 0 aromatic carbocycles. The van der Waals surface area contributed by atoms with E-state index in [4.69, 9.17) is 5.11 Å². The Hall–Kier alpha value is -2.17. The van der Waals surface area contributed by atoms with Crippen molar-refractivity contribution in [3.63, 3.8) is 0 Å². The van der Waals surface area contributed by atoms with Gasteiger partial charge in [0.2, 0.25) is 0 Å². The zero-order valence-electron chi connectivity index (χ0n) is 11.7. The highest BCUT2D eigenvalue weighted by Gasteiger charge is 2.11. The summed E-state index contributed by atoms with van der Waals surface area (Å²) in [6.07, 6.45) is 2.62. The zero-order chi connectivity index (χ0) is 15.1. The number of hydrogen-bond acceptors (Lipinski definition) is 5. The lowest BCUT2D eigenvalue weighted by Crippen LogP contribution is -2.25. The third kappa shape index (κ3) is 4.41. The summed E-state index contributed by atoms with van der Waals surface area (Å²) in [5, 5.41) is 17.5. The maximum atomic E-state index is 12.1. The highest BCUT2D eigenvalue weighted by atomic mass is 32.1. The second-order valence-corrected chi connectivity index (χ2v) is 5.20. The maximum Gasteiger partial charge on any atom is 0.262 e. The van der Waals surface area contributed by atoms with Crippen LogP contribution in [0.25, 0.3) is 0 Å². The molecule has 0 aliphatic rings. The predicted molar refractivity (Wildman–Crippen MR) is 79.9 cm³/mol. The number of aromatic nitrogens is 3. The molecule has 7 heteroatoms. The summed E-state index contributed by atoms with van der Waals surface area (Å²) in [5.41, 5.74) is 0.696. The van der Waals surface area contributed by atoms with Crippen molar-refractivity contribution in [1.82, 2.24) is 20.1 Å². The molecule has 0 fully saturated rings. The fourth-order valence-electron chi connectivity index (χ4n) is 1.66. The van der Waals surface area contributed by atoms with E-state index in [0.29, 0.717) is 35.7 Å². The summed E-state index contributed by atoms with van der Waals surface area (Å²) in [7, 11) is 1.80. The standard InChI is InChI=1S/C14H16N4O2S/c1-18-10-16-12(17-18)5-7-15-14(20)13-11(6-9-21-13)4-2-3-8-19/h6,9-10,19H,3,5,7-8H2,1H3,(H,15,20). The van der Waals surface area contributed by atoms with Crippen LogP contribution in [-0.4, -0.2) is 38.9 Å². The van der Waals surface area contributed by atoms with Gasteiger partial charge >= 0.3 is 0 Å². The van der Waals surface area contributed by atoms with E-state index >= 15 is 0 Å². The Kier molecular flexibility index (Phi) is 5.49.